The molecule has 2 aromatic heterocycles. The first-order chi connectivity index (χ1) is 8.28. The summed E-state index contributed by atoms with van der Waals surface area (Å²) in [6.07, 6.45) is 6.33. The van der Waals surface area contributed by atoms with Crippen molar-refractivity contribution < 1.29 is 9.53 Å². The zero-order chi connectivity index (χ0) is 11.8. The summed E-state index contributed by atoms with van der Waals surface area (Å²) in [5.74, 6) is 0.360. The molecular weight excluding hydrogens is 236 g/mol. The maximum Gasteiger partial charge on any atom is 0.348 e. The van der Waals surface area contributed by atoms with E-state index in [2.05, 4.69) is 9.72 Å². The monoisotopic (exact) mass is 248 g/mol. The van der Waals surface area contributed by atoms with Crippen molar-refractivity contribution >= 4 is 17.3 Å². The number of hydrogen-bond donors (Lipinski definition) is 0. The van der Waals surface area contributed by atoms with Gasteiger partial charge >= 0.3 is 5.97 Å². The van der Waals surface area contributed by atoms with Crippen LogP contribution >= 0.6 is 11.3 Å². The van der Waals surface area contributed by atoms with Crippen molar-refractivity contribution in [1.29, 1.82) is 0 Å². The third-order valence-electron chi connectivity index (χ3n) is 2.87. The van der Waals surface area contributed by atoms with Gasteiger partial charge in [0.25, 0.3) is 0 Å². The fourth-order valence-electron chi connectivity index (χ4n) is 1.74. The number of esters is 1. The molecule has 4 nitrogen and oxygen atoms in total. The molecule has 0 unspecified atom stereocenters. The molecule has 1 saturated carbocycles. The van der Waals surface area contributed by atoms with E-state index in [0.717, 1.165) is 11.4 Å². The minimum atomic E-state index is -0.288. The molecule has 1 aliphatic rings. The molecule has 0 atom stereocenters. The third kappa shape index (κ3) is 1.98. The van der Waals surface area contributed by atoms with Crippen LogP contribution in [0.5, 0.6) is 0 Å². The molecule has 1 fully saturated rings. The molecule has 0 N–H and O–H groups in total. The lowest BCUT2D eigenvalue weighted by Gasteiger charge is -1.95. The van der Waals surface area contributed by atoms with Gasteiger partial charge in [0.2, 0.25) is 0 Å². The maximum absolute atomic E-state index is 11.3. The second-order valence-corrected chi connectivity index (χ2v) is 5.05. The quantitative estimate of drug-likeness (QED) is 0.784. The van der Waals surface area contributed by atoms with E-state index in [0.29, 0.717) is 10.8 Å². The summed E-state index contributed by atoms with van der Waals surface area (Å²) in [7, 11) is 1.39. The molecule has 17 heavy (non-hydrogen) atoms. The maximum atomic E-state index is 11.3. The van der Waals surface area contributed by atoms with Gasteiger partial charge in [-0.25, -0.2) is 9.78 Å². The molecule has 0 aromatic carbocycles. The molecule has 88 valence electrons. The third-order valence-corrected chi connectivity index (χ3v) is 3.77. The fraction of sp³-hybridized carbons (Fsp3) is 0.333. The number of hydrogen-bond acceptors (Lipinski definition) is 4. The van der Waals surface area contributed by atoms with Crippen LogP contribution < -0.4 is 0 Å². The Hall–Kier alpha value is -1.62. The molecule has 2 aromatic rings. The predicted octanol–water partition coefficient (Wildman–Crippen LogP) is 2.60. The van der Waals surface area contributed by atoms with E-state index in [1.54, 1.807) is 6.33 Å². The highest BCUT2D eigenvalue weighted by Gasteiger charge is 2.25. The van der Waals surface area contributed by atoms with Crippen LogP contribution in [0.25, 0.3) is 5.69 Å². The minimum Gasteiger partial charge on any atom is -0.465 e. The summed E-state index contributed by atoms with van der Waals surface area (Å²) in [6.45, 7) is 0. The van der Waals surface area contributed by atoms with Crippen LogP contribution in [-0.2, 0) is 4.74 Å². The summed E-state index contributed by atoms with van der Waals surface area (Å²) in [6, 6.07) is 1.83. The topological polar surface area (TPSA) is 44.1 Å². The van der Waals surface area contributed by atoms with Gasteiger partial charge in [0.05, 0.1) is 24.8 Å². The highest BCUT2D eigenvalue weighted by Crippen LogP contribution is 2.39. The normalized spacial score (nSPS) is 14.9. The Morgan fingerprint density at radius 3 is 3.12 bits per heavy atom. The summed E-state index contributed by atoms with van der Waals surface area (Å²) in [5.41, 5.74) is 2.12. The average Bonchev–Trinajstić information content (AvgIpc) is 2.91. The highest BCUT2D eigenvalue weighted by atomic mass is 32.1. The molecule has 0 bridgehead atoms. The minimum absolute atomic E-state index is 0.288. The van der Waals surface area contributed by atoms with Crippen molar-refractivity contribution in [3.8, 4) is 5.69 Å². The Labute approximate surface area is 103 Å². The Balaban J connectivity index is 1.86. The van der Waals surface area contributed by atoms with Gasteiger partial charge in [0, 0.05) is 17.5 Å². The van der Waals surface area contributed by atoms with E-state index in [1.165, 1.54) is 31.3 Å². The Bertz CT molecular complexity index is 554. The van der Waals surface area contributed by atoms with Crippen LogP contribution in [0.4, 0.5) is 0 Å². The van der Waals surface area contributed by atoms with Crippen LogP contribution in [0.3, 0.4) is 0 Å². The van der Waals surface area contributed by atoms with E-state index in [9.17, 15) is 4.79 Å². The molecule has 0 spiro atoms. The van der Waals surface area contributed by atoms with Crippen molar-refractivity contribution in [3.63, 3.8) is 0 Å². The van der Waals surface area contributed by atoms with Gasteiger partial charge in [-0.2, -0.15) is 0 Å². The number of nitrogens with zero attached hydrogens (tertiary/aromatic N) is 2. The lowest BCUT2D eigenvalue weighted by atomic mass is 10.3. The van der Waals surface area contributed by atoms with Crippen molar-refractivity contribution in [2.45, 2.75) is 18.8 Å². The Morgan fingerprint density at radius 2 is 2.41 bits per heavy atom. The van der Waals surface area contributed by atoms with Crippen LogP contribution in [-0.4, -0.2) is 22.6 Å². The van der Waals surface area contributed by atoms with Gasteiger partial charge in [-0.05, 0) is 18.9 Å². The smallest absolute Gasteiger partial charge is 0.348 e. The molecule has 0 aliphatic heterocycles. The molecular formula is C12H12N2O2S. The molecule has 2 heterocycles. The Kier molecular flexibility index (Phi) is 2.48. The lowest BCUT2D eigenvalue weighted by molar-refractivity contribution is 0.0606. The van der Waals surface area contributed by atoms with E-state index in [4.69, 9.17) is 0 Å². The molecule has 0 radical (unpaired) electrons. The molecule has 1 aliphatic carbocycles. The van der Waals surface area contributed by atoms with Crippen molar-refractivity contribution in [2.24, 2.45) is 0 Å². The molecule has 0 amide bonds. The summed E-state index contributed by atoms with van der Waals surface area (Å²) >= 11 is 1.39. The number of methoxy groups -OCH3 is 1. The number of aromatic nitrogens is 2. The van der Waals surface area contributed by atoms with E-state index in [-0.39, 0.29) is 5.97 Å². The molecule has 5 heteroatoms. The van der Waals surface area contributed by atoms with E-state index < -0.39 is 0 Å². The van der Waals surface area contributed by atoms with Gasteiger partial charge in [-0.3, -0.25) is 0 Å². The summed E-state index contributed by atoms with van der Waals surface area (Å²) in [5, 5.41) is 1.94. The van der Waals surface area contributed by atoms with E-state index >= 15 is 0 Å². The molecule has 0 saturated heterocycles. The number of ether oxygens (including phenoxy) is 1. The predicted molar refractivity (Wildman–Crippen MR) is 64.8 cm³/mol. The fourth-order valence-corrected chi connectivity index (χ4v) is 2.54. The average molecular weight is 248 g/mol. The zero-order valence-electron chi connectivity index (χ0n) is 9.42. The van der Waals surface area contributed by atoms with E-state index in [1.807, 2.05) is 22.2 Å². The van der Waals surface area contributed by atoms with Gasteiger partial charge < -0.3 is 9.30 Å². The van der Waals surface area contributed by atoms with Gasteiger partial charge in [0.15, 0.2) is 0 Å². The van der Waals surface area contributed by atoms with Gasteiger partial charge in [0.1, 0.15) is 4.88 Å². The van der Waals surface area contributed by atoms with Crippen LogP contribution in [0.15, 0.2) is 24.0 Å². The summed E-state index contributed by atoms with van der Waals surface area (Å²) in [4.78, 5) is 16.3. The van der Waals surface area contributed by atoms with Crippen LogP contribution in [0.1, 0.15) is 34.1 Å². The van der Waals surface area contributed by atoms with Crippen LogP contribution in [0.2, 0.25) is 0 Å². The first-order valence-electron chi connectivity index (χ1n) is 5.49. The number of carbonyl (C=O) groups excluding carboxylic acids is 1. The SMILES string of the molecule is COC(=O)c1cc(-n2cnc(C3CC3)c2)cs1. The van der Waals surface area contributed by atoms with Gasteiger partial charge in [-0.1, -0.05) is 0 Å². The standard InChI is InChI=1S/C12H12N2O2S/c1-16-12(15)11-4-9(6-17-11)14-5-10(13-7-14)8-2-3-8/h4-8H,2-3H2,1H3. The number of rotatable bonds is 3. The first-order valence-corrected chi connectivity index (χ1v) is 6.37. The van der Waals surface area contributed by atoms with Crippen molar-refractivity contribution in [2.75, 3.05) is 7.11 Å². The van der Waals surface area contributed by atoms with Gasteiger partial charge in [-0.15, -0.1) is 11.3 Å². The zero-order valence-corrected chi connectivity index (χ0v) is 10.2. The van der Waals surface area contributed by atoms with Crippen molar-refractivity contribution in [1.82, 2.24) is 9.55 Å². The summed E-state index contributed by atoms with van der Waals surface area (Å²) < 4.78 is 6.64. The largest absolute Gasteiger partial charge is 0.465 e. The number of imidazole rings is 1. The number of carbonyl (C=O) groups is 1. The lowest BCUT2D eigenvalue weighted by Crippen LogP contribution is -1.97. The van der Waals surface area contributed by atoms with Crippen molar-refractivity contribution in [3.05, 3.63) is 34.5 Å². The number of thiophene rings is 1. The molecule has 3 rings (SSSR count). The first kappa shape index (κ1) is 10.5. The second kappa shape index (κ2) is 4.00. The second-order valence-electron chi connectivity index (χ2n) is 4.14. The highest BCUT2D eigenvalue weighted by molar-refractivity contribution is 7.12. The van der Waals surface area contributed by atoms with Crippen LogP contribution in [0, 0.1) is 0 Å². The Morgan fingerprint density at radius 1 is 1.59 bits per heavy atom.